The molecule has 2 fully saturated rings. The average molecular weight is 157 g/mol. The van der Waals surface area contributed by atoms with E-state index >= 15 is 0 Å². The molecule has 0 amide bonds. The molecule has 3 unspecified atom stereocenters. The summed E-state index contributed by atoms with van der Waals surface area (Å²) in [5.41, 5.74) is -0.205. The van der Waals surface area contributed by atoms with Crippen molar-refractivity contribution in [3.05, 3.63) is 0 Å². The van der Waals surface area contributed by atoms with Gasteiger partial charge in [-0.25, -0.2) is 0 Å². The molecule has 2 rings (SSSR count). The maximum absolute atomic E-state index is 9.76. The minimum absolute atomic E-state index is 0.123. The summed E-state index contributed by atoms with van der Waals surface area (Å²) in [7, 11) is 0. The van der Waals surface area contributed by atoms with Crippen LogP contribution in [0.4, 0.5) is 0 Å². The topological polar surface area (TPSA) is 52.5 Å². The van der Waals surface area contributed by atoms with Gasteiger partial charge in [-0.2, -0.15) is 0 Å². The lowest BCUT2D eigenvalue weighted by Gasteiger charge is -2.36. The number of hydrogen-bond acceptors (Lipinski definition) is 3. The van der Waals surface area contributed by atoms with Gasteiger partial charge in [-0.1, -0.05) is 0 Å². The van der Waals surface area contributed by atoms with Crippen molar-refractivity contribution in [3.63, 3.8) is 0 Å². The van der Waals surface area contributed by atoms with E-state index in [0.29, 0.717) is 5.92 Å². The van der Waals surface area contributed by atoms with Gasteiger partial charge in [0.2, 0.25) is 0 Å². The first-order chi connectivity index (χ1) is 5.28. The van der Waals surface area contributed by atoms with Crippen LogP contribution in [0.1, 0.15) is 12.8 Å². The maximum atomic E-state index is 9.76. The van der Waals surface area contributed by atoms with Crippen LogP contribution < -0.4 is 5.32 Å². The van der Waals surface area contributed by atoms with Crippen molar-refractivity contribution < 1.29 is 10.2 Å². The summed E-state index contributed by atoms with van der Waals surface area (Å²) in [5, 5.41) is 22.1. The highest BCUT2D eigenvalue weighted by atomic mass is 16.3. The number of hydrogen-bond donors (Lipinski definition) is 3. The molecule has 1 heterocycles. The van der Waals surface area contributed by atoms with Crippen LogP contribution in [0.2, 0.25) is 0 Å². The molecule has 0 spiro atoms. The van der Waals surface area contributed by atoms with Crippen LogP contribution in [-0.2, 0) is 0 Å². The summed E-state index contributed by atoms with van der Waals surface area (Å²) in [4.78, 5) is 0. The van der Waals surface area contributed by atoms with Gasteiger partial charge in [-0.05, 0) is 18.8 Å². The fourth-order valence-corrected chi connectivity index (χ4v) is 2.42. The largest absolute Gasteiger partial charge is 0.396 e. The van der Waals surface area contributed by atoms with Crippen LogP contribution in [0.5, 0.6) is 0 Å². The Morgan fingerprint density at radius 2 is 2.36 bits per heavy atom. The molecule has 1 aliphatic heterocycles. The molecule has 1 saturated carbocycles. The zero-order chi connectivity index (χ0) is 7.90. The third-order valence-electron chi connectivity index (χ3n) is 3.29. The van der Waals surface area contributed by atoms with Gasteiger partial charge < -0.3 is 15.5 Å². The first-order valence-electron chi connectivity index (χ1n) is 4.28. The molecule has 0 aromatic carbocycles. The number of fused-ring (bicyclic) bond motifs is 2. The van der Waals surface area contributed by atoms with Gasteiger partial charge in [-0.15, -0.1) is 0 Å². The van der Waals surface area contributed by atoms with Gasteiger partial charge in [0, 0.05) is 18.5 Å². The SMILES string of the molecule is OCC12CCC(CNC1)C2O. The Kier molecular flexibility index (Phi) is 1.67. The van der Waals surface area contributed by atoms with Gasteiger partial charge in [0.15, 0.2) is 0 Å². The number of aliphatic hydroxyl groups is 2. The Bertz CT molecular complexity index is 158. The van der Waals surface area contributed by atoms with Gasteiger partial charge in [-0.3, -0.25) is 0 Å². The fourth-order valence-electron chi connectivity index (χ4n) is 2.42. The Balaban J connectivity index is 2.19. The van der Waals surface area contributed by atoms with Crippen molar-refractivity contribution in [3.8, 4) is 0 Å². The predicted molar refractivity (Wildman–Crippen MR) is 41.1 cm³/mol. The Labute approximate surface area is 66.4 Å². The average Bonchev–Trinajstić information content (AvgIpc) is 2.25. The summed E-state index contributed by atoms with van der Waals surface area (Å²) >= 11 is 0. The lowest BCUT2D eigenvalue weighted by molar-refractivity contribution is -0.0303. The second-order valence-corrected chi connectivity index (χ2v) is 3.89. The van der Waals surface area contributed by atoms with Crippen LogP contribution in [0.25, 0.3) is 0 Å². The van der Waals surface area contributed by atoms with E-state index in [2.05, 4.69) is 5.32 Å². The molecule has 11 heavy (non-hydrogen) atoms. The zero-order valence-electron chi connectivity index (χ0n) is 6.58. The minimum Gasteiger partial charge on any atom is -0.396 e. The minimum atomic E-state index is -0.270. The van der Waals surface area contributed by atoms with E-state index in [1.165, 1.54) is 0 Å². The molecular weight excluding hydrogens is 142 g/mol. The molecule has 64 valence electrons. The molecule has 2 bridgehead atoms. The van der Waals surface area contributed by atoms with Crippen molar-refractivity contribution in [2.24, 2.45) is 11.3 Å². The normalized spacial score (nSPS) is 49.6. The Morgan fingerprint density at radius 1 is 1.55 bits per heavy atom. The zero-order valence-corrected chi connectivity index (χ0v) is 6.58. The highest BCUT2D eigenvalue weighted by Crippen LogP contribution is 2.43. The predicted octanol–water partition coefficient (Wildman–Crippen LogP) is -0.661. The van der Waals surface area contributed by atoms with Crippen molar-refractivity contribution in [1.82, 2.24) is 5.32 Å². The standard InChI is InChI=1S/C8H15NO2/c10-5-8-2-1-6(7(8)11)3-9-4-8/h6-7,9-11H,1-5H2. The van der Waals surface area contributed by atoms with Gasteiger partial charge >= 0.3 is 0 Å². The third kappa shape index (κ3) is 0.916. The lowest BCUT2D eigenvalue weighted by atomic mass is 9.81. The molecule has 0 radical (unpaired) electrons. The second kappa shape index (κ2) is 2.44. The molecule has 3 N–H and O–H groups in total. The lowest BCUT2D eigenvalue weighted by Crippen LogP contribution is -2.51. The summed E-state index contributed by atoms with van der Waals surface area (Å²) in [6, 6.07) is 0. The van der Waals surface area contributed by atoms with Gasteiger partial charge in [0.25, 0.3) is 0 Å². The first kappa shape index (κ1) is 7.53. The summed E-state index contributed by atoms with van der Waals surface area (Å²) < 4.78 is 0. The van der Waals surface area contributed by atoms with Gasteiger partial charge in [0.05, 0.1) is 12.7 Å². The van der Waals surface area contributed by atoms with Crippen LogP contribution >= 0.6 is 0 Å². The van der Waals surface area contributed by atoms with E-state index in [1.54, 1.807) is 0 Å². The summed E-state index contributed by atoms with van der Waals surface area (Å²) in [6.07, 6.45) is 1.77. The molecule has 3 nitrogen and oxygen atoms in total. The Morgan fingerprint density at radius 3 is 3.00 bits per heavy atom. The first-order valence-corrected chi connectivity index (χ1v) is 4.28. The van der Waals surface area contributed by atoms with Crippen LogP contribution in [-0.4, -0.2) is 36.0 Å². The number of piperidine rings is 1. The molecular formula is C8H15NO2. The number of rotatable bonds is 1. The van der Waals surface area contributed by atoms with Crippen molar-refractivity contribution in [2.45, 2.75) is 18.9 Å². The molecule has 1 aliphatic carbocycles. The van der Waals surface area contributed by atoms with E-state index in [-0.39, 0.29) is 18.1 Å². The van der Waals surface area contributed by atoms with Crippen LogP contribution in [0.15, 0.2) is 0 Å². The fraction of sp³-hybridized carbons (Fsp3) is 1.00. The van der Waals surface area contributed by atoms with Crippen molar-refractivity contribution in [1.29, 1.82) is 0 Å². The van der Waals surface area contributed by atoms with E-state index < -0.39 is 0 Å². The molecule has 0 aromatic heterocycles. The third-order valence-corrected chi connectivity index (χ3v) is 3.29. The molecule has 2 aliphatic rings. The summed E-state index contributed by atoms with van der Waals surface area (Å²) in [5.74, 6) is 0.385. The van der Waals surface area contributed by atoms with Gasteiger partial charge in [0.1, 0.15) is 0 Å². The quantitative estimate of drug-likeness (QED) is 0.473. The number of nitrogens with one attached hydrogen (secondary N) is 1. The van der Waals surface area contributed by atoms with Crippen LogP contribution in [0.3, 0.4) is 0 Å². The molecule has 0 aromatic rings. The molecule has 1 saturated heterocycles. The molecule has 3 heteroatoms. The second-order valence-electron chi connectivity index (χ2n) is 3.89. The van der Waals surface area contributed by atoms with E-state index in [9.17, 15) is 5.11 Å². The monoisotopic (exact) mass is 157 g/mol. The number of aliphatic hydroxyl groups excluding tert-OH is 2. The Hall–Kier alpha value is -0.120. The van der Waals surface area contributed by atoms with E-state index in [4.69, 9.17) is 5.11 Å². The van der Waals surface area contributed by atoms with Crippen LogP contribution in [0, 0.1) is 11.3 Å². The van der Waals surface area contributed by atoms with E-state index in [1.807, 2.05) is 0 Å². The van der Waals surface area contributed by atoms with Crippen molar-refractivity contribution >= 4 is 0 Å². The highest BCUT2D eigenvalue weighted by Gasteiger charge is 2.49. The summed E-state index contributed by atoms with van der Waals surface area (Å²) in [6.45, 7) is 1.82. The smallest absolute Gasteiger partial charge is 0.0670 e. The highest BCUT2D eigenvalue weighted by molar-refractivity contribution is 5.01. The van der Waals surface area contributed by atoms with Crippen molar-refractivity contribution in [2.75, 3.05) is 19.7 Å². The maximum Gasteiger partial charge on any atom is 0.0670 e. The molecule has 3 atom stereocenters. The van der Waals surface area contributed by atoms with E-state index in [0.717, 1.165) is 25.9 Å².